The molecule has 3 aliphatic rings. The van der Waals surface area contributed by atoms with Gasteiger partial charge >= 0.3 is 0 Å². The van der Waals surface area contributed by atoms with Crippen LogP contribution in [-0.2, 0) is 16.1 Å². The van der Waals surface area contributed by atoms with Gasteiger partial charge in [-0.2, -0.15) is 0 Å². The Balaban J connectivity index is 1.35. The van der Waals surface area contributed by atoms with E-state index in [0.29, 0.717) is 23.2 Å². The predicted molar refractivity (Wildman–Crippen MR) is 126 cm³/mol. The Hall–Kier alpha value is -1.73. The van der Waals surface area contributed by atoms with E-state index in [4.69, 9.17) is 11.6 Å². The van der Waals surface area contributed by atoms with Crippen molar-refractivity contribution in [2.75, 3.05) is 25.0 Å². The van der Waals surface area contributed by atoms with Crippen LogP contribution in [0.3, 0.4) is 0 Å². The van der Waals surface area contributed by atoms with Gasteiger partial charge in [-0.05, 0) is 55.9 Å². The summed E-state index contributed by atoms with van der Waals surface area (Å²) in [6, 6.07) is 3.79. The Morgan fingerprint density at radius 3 is 2.52 bits per heavy atom. The lowest BCUT2D eigenvalue weighted by Gasteiger charge is -2.41. The van der Waals surface area contributed by atoms with Crippen LogP contribution in [-0.4, -0.2) is 53.2 Å². The van der Waals surface area contributed by atoms with Crippen LogP contribution in [0.2, 0.25) is 5.02 Å². The monoisotopic (exact) mass is 481 g/mol. The number of nitrogens with zero attached hydrogens (tertiary/aromatic N) is 2. The van der Waals surface area contributed by atoms with E-state index in [0.717, 1.165) is 56.4 Å². The van der Waals surface area contributed by atoms with Crippen LogP contribution in [0.25, 0.3) is 0 Å². The molecule has 0 bridgehead atoms. The third kappa shape index (κ3) is 5.86. The molecule has 4 rings (SSSR count). The Kier molecular flexibility index (Phi) is 7.29. The van der Waals surface area contributed by atoms with E-state index >= 15 is 0 Å². The summed E-state index contributed by atoms with van der Waals surface area (Å²) in [6.45, 7) is 7.06. The van der Waals surface area contributed by atoms with Gasteiger partial charge in [-0.1, -0.05) is 24.4 Å². The summed E-state index contributed by atoms with van der Waals surface area (Å²) < 4.78 is 26.1. The molecule has 0 radical (unpaired) electrons. The molecular formula is C25H34ClF2N3O2. The Morgan fingerprint density at radius 1 is 1.18 bits per heavy atom. The largest absolute Gasteiger partial charge is 0.337 e. The second kappa shape index (κ2) is 9.87. The number of rotatable bonds is 6. The molecule has 8 heteroatoms. The van der Waals surface area contributed by atoms with Crippen molar-refractivity contribution in [3.05, 3.63) is 28.3 Å². The van der Waals surface area contributed by atoms with Crippen molar-refractivity contribution in [3.8, 4) is 0 Å². The van der Waals surface area contributed by atoms with Crippen molar-refractivity contribution in [2.24, 2.45) is 11.8 Å². The maximum absolute atomic E-state index is 13.1. The molecule has 1 aliphatic heterocycles. The average molecular weight is 482 g/mol. The van der Waals surface area contributed by atoms with Gasteiger partial charge in [0.15, 0.2) is 0 Å². The minimum Gasteiger partial charge on any atom is -0.337 e. The van der Waals surface area contributed by atoms with Crippen LogP contribution in [0.4, 0.5) is 14.5 Å². The van der Waals surface area contributed by atoms with E-state index < -0.39 is 5.92 Å². The van der Waals surface area contributed by atoms with Crippen LogP contribution >= 0.6 is 11.6 Å². The lowest BCUT2D eigenvalue weighted by Crippen LogP contribution is -2.54. The molecule has 2 amide bonds. The highest BCUT2D eigenvalue weighted by Gasteiger charge is 2.45. The average Bonchev–Trinajstić information content (AvgIpc) is 3.24. The second-order valence-corrected chi connectivity index (χ2v) is 10.7. The number of amides is 2. The van der Waals surface area contributed by atoms with E-state index in [2.05, 4.69) is 17.1 Å². The van der Waals surface area contributed by atoms with Crippen LogP contribution in [0.5, 0.6) is 0 Å². The molecule has 1 atom stereocenters. The zero-order chi connectivity index (χ0) is 23.8. The summed E-state index contributed by atoms with van der Waals surface area (Å²) in [7, 11) is 0. The van der Waals surface area contributed by atoms with E-state index in [1.54, 1.807) is 6.07 Å². The Labute approximate surface area is 199 Å². The normalized spacial score (nSPS) is 24.0. The number of nitrogens with one attached hydrogen (secondary N) is 1. The molecule has 1 saturated heterocycles. The molecule has 0 spiro atoms. The quantitative estimate of drug-likeness (QED) is 0.604. The van der Waals surface area contributed by atoms with E-state index in [9.17, 15) is 18.4 Å². The minimum absolute atomic E-state index is 0.103. The van der Waals surface area contributed by atoms with Crippen LogP contribution in [0.15, 0.2) is 12.1 Å². The molecule has 5 nitrogen and oxygen atoms in total. The fourth-order valence-electron chi connectivity index (χ4n) is 5.57. The standard InChI is InChI=1S/C25H34ClF2N3O2/c1-16-14-30(7-8-31(16)24(33)19-5-3-4-6-19)15-20-10-21(26)11-22(17(20)2)29-23(32)9-18-12-25(27,28)13-18/h10-11,16,18-19H,3-9,12-15H2,1-2H3,(H,29,32)/t16-/m0/s1. The molecule has 182 valence electrons. The lowest BCUT2D eigenvalue weighted by atomic mass is 9.79. The van der Waals surface area contributed by atoms with Crippen LogP contribution in [0, 0.1) is 18.8 Å². The van der Waals surface area contributed by atoms with Crippen molar-refractivity contribution in [1.29, 1.82) is 0 Å². The van der Waals surface area contributed by atoms with E-state index in [1.165, 1.54) is 0 Å². The molecular weight excluding hydrogens is 448 g/mol. The van der Waals surface area contributed by atoms with Gasteiger partial charge in [0.1, 0.15) is 0 Å². The van der Waals surface area contributed by atoms with Gasteiger partial charge in [0, 0.05) is 68.1 Å². The summed E-state index contributed by atoms with van der Waals surface area (Å²) in [6.07, 6.45) is 4.03. The fraction of sp³-hybridized carbons (Fsp3) is 0.680. The summed E-state index contributed by atoms with van der Waals surface area (Å²) >= 11 is 6.35. The molecule has 33 heavy (non-hydrogen) atoms. The molecule has 1 heterocycles. The first-order valence-electron chi connectivity index (χ1n) is 12.1. The van der Waals surface area contributed by atoms with Crippen LogP contribution in [0.1, 0.15) is 63.0 Å². The first-order valence-corrected chi connectivity index (χ1v) is 12.5. The number of anilines is 1. The zero-order valence-electron chi connectivity index (χ0n) is 19.5. The number of benzene rings is 1. The van der Waals surface area contributed by atoms with Gasteiger partial charge in [-0.15, -0.1) is 0 Å². The summed E-state index contributed by atoms with van der Waals surface area (Å²) in [5.74, 6) is -2.62. The number of piperazine rings is 1. The number of halogens is 3. The molecule has 0 unspecified atom stereocenters. The van der Waals surface area contributed by atoms with Gasteiger partial charge in [0.25, 0.3) is 0 Å². The lowest BCUT2D eigenvalue weighted by molar-refractivity contribution is -0.140. The molecule has 1 aromatic carbocycles. The molecule has 2 aliphatic carbocycles. The van der Waals surface area contributed by atoms with Crippen molar-refractivity contribution in [1.82, 2.24) is 9.80 Å². The van der Waals surface area contributed by atoms with Gasteiger partial charge in [-0.25, -0.2) is 8.78 Å². The molecule has 0 aromatic heterocycles. The number of carbonyl (C=O) groups is 2. The SMILES string of the molecule is Cc1c(CN2CCN(C(=O)C3CCCC3)[C@@H](C)C2)cc(Cl)cc1NC(=O)CC1CC(F)(F)C1. The zero-order valence-corrected chi connectivity index (χ0v) is 20.3. The highest BCUT2D eigenvalue weighted by Crippen LogP contribution is 2.44. The van der Waals surface area contributed by atoms with Crippen molar-refractivity contribution < 1.29 is 18.4 Å². The minimum atomic E-state index is -2.62. The first-order chi connectivity index (χ1) is 15.6. The molecule has 2 saturated carbocycles. The van der Waals surface area contributed by atoms with E-state index in [1.807, 2.05) is 17.9 Å². The van der Waals surface area contributed by atoms with Gasteiger partial charge in [0.2, 0.25) is 17.7 Å². The number of carbonyl (C=O) groups excluding carboxylic acids is 2. The summed E-state index contributed by atoms with van der Waals surface area (Å²) in [5, 5.41) is 3.41. The van der Waals surface area contributed by atoms with Crippen molar-refractivity contribution in [2.45, 2.75) is 77.3 Å². The van der Waals surface area contributed by atoms with Gasteiger partial charge < -0.3 is 10.2 Å². The summed E-state index contributed by atoms with van der Waals surface area (Å²) in [5.41, 5.74) is 2.59. The topological polar surface area (TPSA) is 52.6 Å². The van der Waals surface area contributed by atoms with E-state index in [-0.39, 0.29) is 43.0 Å². The second-order valence-electron chi connectivity index (χ2n) is 10.2. The van der Waals surface area contributed by atoms with Crippen molar-refractivity contribution >= 4 is 29.1 Å². The maximum Gasteiger partial charge on any atom is 0.248 e. The summed E-state index contributed by atoms with van der Waals surface area (Å²) in [4.78, 5) is 29.6. The smallest absolute Gasteiger partial charge is 0.248 e. The molecule has 1 N–H and O–H groups in total. The first kappa shape index (κ1) is 24.4. The van der Waals surface area contributed by atoms with Gasteiger partial charge in [0.05, 0.1) is 0 Å². The predicted octanol–water partition coefficient (Wildman–Crippen LogP) is 5.25. The maximum atomic E-state index is 13.1. The third-order valence-corrected chi connectivity index (χ3v) is 7.71. The van der Waals surface area contributed by atoms with Gasteiger partial charge in [-0.3, -0.25) is 14.5 Å². The molecule has 1 aromatic rings. The number of hydrogen-bond acceptors (Lipinski definition) is 3. The Morgan fingerprint density at radius 2 is 1.88 bits per heavy atom. The highest BCUT2D eigenvalue weighted by atomic mass is 35.5. The highest BCUT2D eigenvalue weighted by molar-refractivity contribution is 6.31. The van der Waals surface area contributed by atoms with Crippen LogP contribution < -0.4 is 5.32 Å². The third-order valence-electron chi connectivity index (χ3n) is 7.50. The van der Waals surface area contributed by atoms with Crippen molar-refractivity contribution in [3.63, 3.8) is 0 Å². The number of hydrogen-bond donors (Lipinski definition) is 1. The number of alkyl halides is 2. The fourth-order valence-corrected chi connectivity index (χ4v) is 5.82. The Bertz CT molecular complexity index is 896. The molecule has 3 fully saturated rings.